The van der Waals surface area contributed by atoms with Gasteiger partial charge in [-0.1, -0.05) is 77.0 Å². The molecule has 0 saturated heterocycles. The summed E-state index contributed by atoms with van der Waals surface area (Å²) in [4.78, 5) is 31.4. The Labute approximate surface area is 253 Å². The molecule has 4 saturated carbocycles. The Morgan fingerprint density at radius 2 is 0.976 bits per heavy atom. The van der Waals surface area contributed by atoms with Crippen LogP contribution in [-0.4, -0.2) is 69.8 Å². The van der Waals surface area contributed by atoms with E-state index in [2.05, 4.69) is 16.0 Å². The first kappa shape index (κ1) is 35.9. The van der Waals surface area contributed by atoms with Crippen LogP contribution < -0.4 is 16.0 Å². The molecule has 0 aromatic carbocycles. The Kier molecular flexibility index (Phi) is 19.5. The van der Waals surface area contributed by atoms with E-state index in [0.29, 0.717) is 5.75 Å². The summed E-state index contributed by atoms with van der Waals surface area (Å²) in [5, 5.41) is 27.0. The van der Waals surface area contributed by atoms with Crippen molar-refractivity contribution in [3.63, 3.8) is 0 Å². The smallest absolute Gasteiger partial charge is 0.327 e. The Bertz CT molecular complexity index is 650. The average Bonchev–Trinajstić information content (AvgIpc) is 2.97. The van der Waals surface area contributed by atoms with Gasteiger partial charge in [-0.25, -0.2) is 4.79 Å². The normalized spacial score (nSPS) is 21.9. The van der Waals surface area contributed by atoms with Crippen LogP contribution in [0.2, 0.25) is 0 Å². The standard InChI is InChI=1S/2C12H23N.C8H13NO5S/c2*1-3-7-11(8-4-1)13-12-9-5-2-6-10-12;1-5(10)9-6(8(13)14)4-15-3-2-7(11)12/h2*11-13H,1-10H2;6H,2-4H2,1H3,(H,9,10)(H,11,12)(H,13,14)/t;;6-/m..0/s1. The van der Waals surface area contributed by atoms with Crippen molar-refractivity contribution in [2.75, 3.05) is 11.5 Å². The molecule has 0 spiro atoms. The van der Waals surface area contributed by atoms with Crippen LogP contribution in [0.4, 0.5) is 0 Å². The molecule has 1 atom stereocenters. The van der Waals surface area contributed by atoms with Crippen molar-refractivity contribution in [1.29, 1.82) is 0 Å². The minimum atomic E-state index is -1.12. The molecule has 9 heteroatoms. The van der Waals surface area contributed by atoms with Crippen molar-refractivity contribution < 1.29 is 24.6 Å². The molecule has 0 aromatic heterocycles. The molecule has 0 radical (unpaired) electrons. The third-order valence-electron chi connectivity index (χ3n) is 8.78. The maximum Gasteiger partial charge on any atom is 0.327 e. The highest BCUT2D eigenvalue weighted by Crippen LogP contribution is 2.23. The molecule has 1 amide bonds. The van der Waals surface area contributed by atoms with E-state index in [4.69, 9.17) is 10.2 Å². The first-order valence-corrected chi connectivity index (χ1v) is 17.8. The lowest BCUT2D eigenvalue weighted by Crippen LogP contribution is -2.41. The fourth-order valence-electron chi connectivity index (χ4n) is 6.52. The molecule has 0 unspecified atom stereocenters. The molecule has 4 rings (SSSR count). The molecule has 4 fully saturated rings. The summed E-state index contributed by atoms with van der Waals surface area (Å²) in [6.07, 6.45) is 29.1. The lowest BCUT2D eigenvalue weighted by atomic mass is 9.91. The third-order valence-corrected chi connectivity index (χ3v) is 9.85. The maximum absolute atomic E-state index is 10.6. The van der Waals surface area contributed by atoms with Crippen LogP contribution in [0.5, 0.6) is 0 Å². The predicted molar refractivity (Wildman–Crippen MR) is 169 cm³/mol. The van der Waals surface area contributed by atoms with Gasteiger partial charge in [-0.05, 0) is 51.4 Å². The van der Waals surface area contributed by atoms with Gasteiger partial charge in [-0.15, -0.1) is 0 Å². The molecule has 8 nitrogen and oxygen atoms in total. The SMILES string of the molecule is C1CCC(NC2CCCCC2)CC1.C1CCC(NC2CCCCC2)CC1.CC(=O)N[C@@H](CSCCC(=O)O)C(=O)O. The number of hydrogen-bond acceptors (Lipinski definition) is 6. The van der Waals surface area contributed by atoms with Crippen LogP contribution in [-0.2, 0) is 14.4 Å². The van der Waals surface area contributed by atoms with E-state index in [1.165, 1.54) is 147 Å². The summed E-state index contributed by atoms with van der Waals surface area (Å²) in [5.74, 6) is -1.95. The summed E-state index contributed by atoms with van der Waals surface area (Å²) in [5.41, 5.74) is 0. The predicted octanol–water partition coefficient (Wildman–Crippen LogP) is 6.27. The molecule has 4 aliphatic rings. The zero-order valence-corrected chi connectivity index (χ0v) is 26.5. The second kappa shape index (κ2) is 22.3. The molecular weight excluding hydrogens is 538 g/mol. The van der Waals surface area contributed by atoms with E-state index in [1.54, 1.807) is 0 Å². The van der Waals surface area contributed by atoms with Crippen LogP contribution in [0.1, 0.15) is 142 Å². The zero-order chi connectivity index (χ0) is 29.7. The molecule has 0 bridgehead atoms. The van der Waals surface area contributed by atoms with Gasteiger partial charge in [0.25, 0.3) is 0 Å². The number of carboxylic acids is 2. The molecule has 5 N–H and O–H groups in total. The van der Waals surface area contributed by atoms with Gasteiger partial charge in [-0.2, -0.15) is 11.8 Å². The molecule has 0 aromatic rings. The van der Waals surface area contributed by atoms with Crippen molar-refractivity contribution in [3.05, 3.63) is 0 Å². The van der Waals surface area contributed by atoms with Gasteiger partial charge in [0.2, 0.25) is 5.91 Å². The van der Waals surface area contributed by atoms with E-state index < -0.39 is 23.9 Å². The third kappa shape index (κ3) is 18.1. The highest BCUT2D eigenvalue weighted by molar-refractivity contribution is 7.99. The second-order valence-electron chi connectivity index (χ2n) is 12.5. The molecular formula is C32H59N3O5S. The minimum absolute atomic E-state index is 0.0168. The molecule has 41 heavy (non-hydrogen) atoms. The van der Waals surface area contributed by atoms with Gasteiger partial charge in [0, 0.05) is 42.6 Å². The van der Waals surface area contributed by atoms with Crippen LogP contribution in [0.15, 0.2) is 0 Å². The Hall–Kier alpha value is -1.32. The minimum Gasteiger partial charge on any atom is -0.481 e. The number of aliphatic carboxylic acids is 2. The number of carbonyl (C=O) groups is 3. The summed E-state index contributed by atoms with van der Waals surface area (Å²) >= 11 is 1.18. The highest BCUT2D eigenvalue weighted by atomic mass is 32.2. The van der Waals surface area contributed by atoms with Gasteiger partial charge >= 0.3 is 11.9 Å². The maximum atomic E-state index is 10.6. The van der Waals surface area contributed by atoms with Crippen LogP contribution in [0, 0.1) is 0 Å². The fraction of sp³-hybridized carbons (Fsp3) is 0.906. The molecule has 0 aliphatic heterocycles. The van der Waals surface area contributed by atoms with E-state index in [-0.39, 0.29) is 12.2 Å². The van der Waals surface area contributed by atoms with E-state index in [9.17, 15) is 14.4 Å². The van der Waals surface area contributed by atoms with Gasteiger partial charge in [0.15, 0.2) is 0 Å². The highest BCUT2D eigenvalue weighted by Gasteiger charge is 2.21. The lowest BCUT2D eigenvalue weighted by molar-refractivity contribution is -0.140. The second-order valence-corrected chi connectivity index (χ2v) is 13.6. The largest absolute Gasteiger partial charge is 0.481 e. The summed E-state index contributed by atoms with van der Waals surface area (Å²) in [6.45, 7) is 1.23. The van der Waals surface area contributed by atoms with E-state index >= 15 is 0 Å². The average molecular weight is 598 g/mol. The molecule has 4 aliphatic carbocycles. The number of rotatable bonds is 11. The van der Waals surface area contributed by atoms with Crippen LogP contribution >= 0.6 is 11.8 Å². The van der Waals surface area contributed by atoms with Crippen LogP contribution in [0.25, 0.3) is 0 Å². The van der Waals surface area contributed by atoms with E-state index in [1.807, 2.05) is 0 Å². The summed E-state index contributed by atoms with van der Waals surface area (Å²) < 4.78 is 0. The monoisotopic (exact) mass is 597 g/mol. The van der Waals surface area contributed by atoms with Gasteiger partial charge in [-0.3, -0.25) is 9.59 Å². The number of amides is 1. The fourth-order valence-corrected chi connectivity index (χ4v) is 7.47. The Morgan fingerprint density at radius 3 is 1.24 bits per heavy atom. The zero-order valence-electron chi connectivity index (χ0n) is 25.7. The van der Waals surface area contributed by atoms with Crippen molar-refractivity contribution in [2.24, 2.45) is 0 Å². The summed E-state index contributed by atoms with van der Waals surface area (Å²) in [7, 11) is 0. The van der Waals surface area contributed by atoms with Gasteiger partial charge in [0.05, 0.1) is 6.42 Å². The van der Waals surface area contributed by atoms with Crippen molar-refractivity contribution >= 4 is 29.6 Å². The van der Waals surface area contributed by atoms with E-state index in [0.717, 1.165) is 24.2 Å². The number of carbonyl (C=O) groups excluding carboxylic acids is 1. The van der Waals surface area contributed by atoms with Gasteiger partial charge in [0.1, 0.15) is 6.04 Å². The quantitative estimate of drug-likeness (QED) is 0.176. The first-order chi connectivity index (χ1) is 19.8. The van der Waals surface area contributed by atoms with Crippen molar-refractivity contribution in [3.8, 4) is 0 Å². The van der Waals surface area contributed by atoms with Crippen molar-refractivity contribution in [2.45, 2.75) is 172 Å². The number of thioether (sulfide) groups is 1. The topological polar surface area (TPSA) is 128 Å². The lowest BCUT2D eigenvalue weighted by Gasteiger charge is -2.30. The molecule has 238 valence electrons. The Morgan fingerprint density at radius 1 is 0.634 bits per heavy atom. The Balaban J connectivity index is 0.000000215. The number of nitrogens with one attached hydrogen (secondary N) is 3. The first-order valence-electron chi connectivity index (χ1n) is 16.6. The van der Waals surface area contributed by atoms with Crippen molar-refractivity contribution in [1.82, 2.24) is 16.0 Å². The van der Waals surface area contributed by atoms with Gasteiger partial charge < -0.3 is 26.2 Å². The number of carboxylic acid groups (broad SMARTS) is 2. The van der Waals surface area contributed by atoms with Crippen LogP contribution in [0.3, 0.4) is 0 Å². The summed E-state index contributed by atoms with van der Waals surface area (Å²) in [6, 6.07) is 2.53. The number of hydrogen-bond donors (Lipinski definition) is 5. The molecule has 0 heterocycles.